The molecule has 1 N–H and O–H groups in total. The fourth-order valence-electron chi connectivity index (χ4n) is 2.43. The summed E-state index contributed by atoms with van der Waals surface area (Å²) in [4.78, 5) is 2.17. The quantitative estimate of drug-likeness (QED) is 0.863. The standard InChI is InChI=1S/C12H21N3O2/c1-8(12-14-13-9(2)17-12)15(3)7-10-5-4-6-11(10)16/h8,10-11,16H,4-7H2,1-3H3. The van der Waals surface area contributed by atoms with Gasteiger partial charge in [-0.15, -0.1) is 10.2 Å². The molecule has 1 fully saturated rings. The van der Waals surface area contributed by atoms with Crippen LogP contribution in [-0.2, 0) is 0 Å². The number of nitrogens with zero attached hydrogens (tertiary/aromatic N) is 3. The number of rotatable bonds is 4. The molecule has 1 saturated carbocycles. The van der Waals surface area contributed by atoms with Crippen molar-refractivity contribution in [2.24, 2.45) is 5.92 Å². The minimum atomic E-state index is -0.144. The Labute approximate surface area is 102 Å². The van der Waals surface area contributed by atoms with Gasteiger partial charge in [-0.1, -0.05) is 6.42 Å². The molecular weight excluding hydrogens is 218 g/mol. The predicted molar refractivity (Wildman–Crippen MR) is 63.4 cm³/mol. The molecule has 5 nitrogen and oxygen atoms in total. The summed E-state index contributed by atoms with van der Waals surface area (Å²) >= 11 is 0. The van der Waals surface area contributed by atoms with Crippen molar-refractivity contribution in [3.8, 4) is 0 Å². The van der Waals surface area contributed by atoms with E-state index in [9.17, 15) is 5.11 Å². The van der Waals surface area contributed by atoms with Gasteiger partial charge in [-0.05, 0) is 32.7 Å². The maximum absolute atomic E-state index is 9.82. The average Bonchev–Trinajstić information content (AvgIpc) is 2.88. The summed E-state index contributed by atoms with van der Waals surface area (Å²) < 4.78 is 5.43. The Hall–Kier alpha value is -0.940. The van der Waals surface area contributed by atoms with E-state index in [2.05, 4.69) is 15.1 Å². The largest absolute Gasteiger partial charge is 0.424 e. The van der Waals surface area contributed by atoms with E-state index in [4.69, 9.17) is 4.42 Å². The summed E-state index contributed by atoms with van der Waals surface area (Å²) in [5, 5.41) is 17.7. The first-order valence-corrected chi connectivity index (χ1v) is 6.26. The Morgan fingerprint density at radius 3 is 2.76 bits per heavy atom. The van der Waals surface area contributed by atoms with Crippen LogP contribution in [0, 0.1) is 12.8 Å². The molecule has 0 saturated heterocycles. The van der Waals surface area contributed by atoms with Gasteiger partial charge in [0.05, 0.1) is 12.1 Å². The lowest BCUT2D eigenvalue weighted by atomic mass is 10.0. The minimum Gasteiger partial charge on any atom is -0.424 e. The molecule has 1 aromatic heterocycles. The van der Waals surface area contributed by atoms with Gasteiger partial charge in [-0.3, -0.25) is 4.90 Å². The van der Waals surface area contributed by atoms with E-state index in [-0.39, 0.29) is 12.1 Å². The molecule has 1 aliphatic rings. The number of aromatic nitrogens is 2. The minimum absolute atomic E-state index is 0.101. The highest BCUT2D eigenvalue weighted by atomic mass is 16.4. The maximum atomic E-state index is 9.82. The summed E-state index contributed by atoms with van der Waals surface area (Å²) in [5.41, 5.74) is 0. The summed E-state index contributed by atoms with van der Waals surface area (Å²) in [6.07, 6.45) is 3.04. The van der Waals surface area contributed by atoms with Crippen molar-refractivity contribution in [3.63, 3.8) is 0 Å². The van der Waals surface area contributed by atoms with Crippen molar-refractivity contribution in [3.05, 3.63) is 11.8 Å². The molecule has 1 aromatic rings. The second-order valence-corrected chi connectivity index (χ2v) is 5.03. The van der Waals surface area contributed by atoms with E-state index in [1.807, 2.05) is 14.0 Å². The lowest BCUT2D eigenvalue weighted by Gasteiger charge is -2.26. The van der Waals surface area contributed by atoms with E-state index in [1.165, 1.54) is 0 Å². The zero-order valence-electron chi connectivity index (χ0n) is 10.8. The van der Waals surface area contributed by atoms with E-state index < -0.39 is 0 Å². The van der Waals surface area contributed by atoms with E-state index in [0.29, 0.717) is 17.7 Å². The zero-order valence-corrected chi connectivity index (χ0v) is 10.8. The molecule has 1 aliphatic carbocycles. The first kappa shape index (κ1) is 12.5. The van der Waals surface area contributed by atoms with Gasteiger partial charge in [-0.25, -0.2) is 0 Å². The number of hydrogen-bond acceptors (Lipinski definition) is 5. The smallest absolute Gasteiger partial charge is 0.233 e. The second-order valence-electron chi connectivity index (χ2n) is 5.03. The third-order valence-electron chi connectivity index (χ3n) is 3.70. The molecule has 2 rings (SSSR count). The van der Waals surface area contributed by atoms with Crippen molar-refractivity contribution < 1.29 is 9.52 Å². The number of aryl methyl sites for hydroxylation is 1. The van der Waals surface area contributed by atoms with Gasteiger partial charge in [-0.2, -0.15) is 0 Å². The van der Waals surface area contributed by atoms with Crippen molar-refractivity contribution in [1.29, 1.82) is 0 Å². The van der Waals surface area contributed by atoms with Crippen LogP contribution in [0.1, 0.15) is 44.0 Å². The molecule has 0 amide bonds. The van der Waals surface area contributed by atoms with Crippen molar-refractivity contribution in [2.45, 2.75) is 45.3 Å². The van der Waals surface area contributed by atoms with Crippen LogP contribution in [0.2, 0.25) is 0 Å². The van der Waals surface area contributed by atoms with Crippen LogP contribution in [-0.4, -0.2) is 39.9 Å². The molecular formula is C12H21N3O2. The highest BCUT2D eigenvalue weighted by Crippen LogP contribution is 2.28. The second kappa shape index (κ2) is 5.14. The highest BCUT2D eigenvalue weighted by Gasteiger charge is 2.28. The average molecular weight is 239 g/mol. The monoisotopic (exact) mass is 239 g/mol. The van der Waals surface area contributed by atoms with Crippen molar-refractivity contribution in [1.82, 2.24) is 15.1 Å². The Kier molecular flexibility index (Phi) is 3.79. The topological polar surface area (TPSA) is 62.4 Å². The fraction of sp³-hybridized carbons (Fsp3) is 0.833. The normalized spacial score (nSPS) is 26.6. The lowest BCUT2D eigenvalue weighted by molar-refractivity contribution is 0.0942. The maximum Gasteiger partial charge on any atom is 0.233 e. The predicted octanol–water partition coefficient (Wildman–Crippen LogP) is 1.53. The third-order valence-corrected chi connectivity index (χ3v) is 3.70. The SMILES string of the molecule is Cc1nnc(C(C)N(C)CC2CCCC2O)o1. The van der Waals surface area contributed by atoms with Gasteiger partial charge < -0.3 is 9.52 Å². The van der Waals surface area contributed by atoms with Crippen LogP contribution in [0.15, 0.2) is 4.42 Å². The van der Waals surface area contributed by atoms with Gasteiger partial charge in [0.15, 0.2) is 0 Å². The van der Waals surface area contributed by atoms with Gasteiger partial charge >= 0.3 is 0 Å². The van der Waals surface area contributed by atoms with Crippen molar-refractivity contribution in [2.75, 3.05) is 13.6 Å². The molecule has 5 heteroatoms. The molecule has 3 unspecified atom stereocenters. The van der Waals surface area contributed by atoms with Crippen LogP contribution in [0.3, 0.4) is 0 Å². The first-order chi connectivity index (χ1) is 8.08. The Morgan fingerprint density at radius 2 is 2.24 bits per heavy atom. The molecule has 0 aromatic carbocycles. The Morgan fingerprint density at radius 1 is 1.47 bits per heavy atom. The molecule has 1 heterocycles. The summed E-state index contributed by atoms with van der Waals surface area (Å²) in [6.45, 7) is 4.72. The molecule has 0 aliphatic heterocycles. The first-order valence-electron chi connectivity index (χ1n) is 6.26. The molecule has 96 valence electrons. The van der Waals surface area contributed by atoms with E-state index in [0.717, 1.165) is 25.8 Å². The Balaban J connectivity index is 1.93. The Bertz CT molecular complexity index is 366. The highest BCUT2D eigenvalue weighted by molar-refractivity contribution is 4.89. The third kappa shape index (κ3) is 2.84. The summed E-state index contributed by atoms with van der Waals surface area (Å²) in [6, 6.07) is 0.101. The molecule has 0 spiro atoms. The van der Waals surface area contributed by atoms with Gasteiger partial charge in [0, 0.05) is 13.5 Å². The number of hydrogen-bond donors (Lipinski definition) is 1. The zero-order chi connectivity index (χ0) is 12.4. The summed E-state index contributed by atoms with van der Waals surface area (Å²) in [5.74, 6) is 1.63. The van der Waals surface area contributed by atoms with E-state index in [1.54, 1.807) is 6.92 Å². The molecule has 3 atom stereocenters. The molecule has 17 heavy (non-hydrogen) atoms. The van der Waals surface area contributed by atoms with Crippen LogP contribution in [0.5, 0.6) is 0 Å². The van der Waals surface area contributed by atoms with Crippen LogP contribution >= 0.6 is 0 Å². The van der Waals surface area contributed by atoms with Crippen LogP contribution in [0.4, 0.5) is 0 Å². The molecule has 0 radical (unpaired) electrons. The number of aliphatic hydroxyl groups is 1. The van der Waals surface area contributed by atoms with Gasteiger partial charge in [0.2, 0.25) is 11.8 Å². The summed E-state index contributed by atoms with van der Waals surface area (Å²) in [7, 11) is 2.04. The van der Waals surface area contributed by atoms with Crippen molar-refractivity contribution >= 4 is 0 Å². The lowest BCUT2D eigenvalue weighted by Crippen LogP contribution is -2.32. The van der Waals surface area contributed by atoms with Crippen LogP contribution in [0.25, 0.3) is 0 Å². The molecule has 0 bridgehead atoms. The van der Waals surface area contributed by atoms with Gasteiger partial charge in [0.25, 0.3) is 0 Å². The van der Waals surface area contributed by atoms with E-state index >= 15 is 0 Å². The number of aliphatic hydroxyl groups excluding tert-OH is 1. The van der Waals surface area contributed by atoms with Gasteiger partial charge in [0.1, 0.15) is 0 Å². The fourth-order valence-corrected chi connectivity index (χ4v) is 2.43. The van der Waals surface area contributed by atoms with Crippen LogP contribution < -0.4 is 0 Å².